The Hall–Kier alpha value is -0.600. The van der Waals surface area contributed by atoms with Gasteiger partial charge in [-0.25, -0.2) is 0 Å². The Morgan fingerprint density at radius 1 is 1.55 bits per heavy atom. The first-order valence-corrected chi connectivity index (χ1v) is 4.05. The lowest BCUT2D eigenvalue weighted by molar-refractivity contribution is 0.273. The van der Waals surface area contributed by atoms with Gasteiger partial charge in [-0.2, -0.15) is 0 Å². The number of nitrogens with two attached hydrogens (primary N) is 1. The van der Waals surface area contributed by atoms with E-state index in [2.05, 4.69) is 24.3 Å². The Kier molecular flexibility index (Phi) is 1.59. The van der Waals surface area contributed by atoms with Gasteiger partial charge in [0, 0.05) is 0 Å². The standard InChI is InChI=1S/C9H13NO/c10-9(7-11-9)6-8-4-2-1-3-5-8/h1-4,8H,5-7,10H2. The van der Waals surface area contributed by atoms with Crippen LogP contribution in [-0.2, 0) is 4.74 Å². The van der Waals surface area contributed by atoms with Crippen molar-refractivity contribution in [2.45, 2.75) is 18.6 Å². The largest absolute Gasteiger partial charge is 0.354 e. The summed E-state index contributed by atoms with van der Waals surface area (Å²) in [6.45, 7) is 0.737. The molecule has 2 rings (SSSR count). The molecule has 2 aliphatic rings. The third-order valence-corrected chi connectivity index (χ3v) is 2.19. The van der Waals surface area contributed by atoms with Crippen LogP contribution >= 0.6 is 0 Å². The second kappa shape index (κ2) is 2.47. The Balaban J connectivity index is 1.87. The summed E-state index contributed by atoms with van der Waals surface area (Å²) in [5, 5.41) is 0. The molecule has 2 heteroatoms. The summed E-state index contributed by atoms with van der Waals surface area (Å²) in [4.78, 5) is 0. The molecule has 0 aromatic rings. The summed E-state index contributed by atoms with van der Waals surface area (Å²) in [5.41, 5.74) is 5.52. The Labute approximate surface area is 66.7 Å². The molecule has 11 heavy (non-hydrogen) atoms. The number of allylic oxidation sites excluding steroid dienone is 4. The second-order valence-corrected chi connectivity index (χ2v) is 3.37. The maximum Gasteiger partial charge on any atom is 0.141 e. The monoisotopic (exact) mass is 151 g/mol. The summed E-state index contributed by atoms with van der Waals surface area (Å²) in [6.07, 6.45) is 10.6. The van der Waals surface area contributed by atoms with Gasteiger partial charge < -0.3 is 10.5 Å². The van der Waals surface area contributed by atoms with Crippen molar-refractivity contribution in [2.24, 2.45) is 11.7 Å². The lowest BCUT2D eigenvalue weighted by atomic mass is 9.94. The van der Waals surface area contributed by atoms with Crippen LogP contribution in [0.3, 0.4) is 0 Å². The van der Waals surface area contributed by atoms with Gasteiger partial charge in [0.05, 0.1) is 6.61 Å². The van der Waals surface area contributed by atoms with Gasteiger partial charge >= 0.3 is 0 Å². The van der Waals surface area contributed by atoms with E-state index < -0.39 is 0 Å². The van der Waals surface area contributed by atoms with Crippen LogP contribution in [0.2, 0.25) is 0 Å². The van der Waals surface area contributed by atoms with E-state index in [1.54, 1.807) is 0 Å². The molecule has 0 saturated carbocycles. The average Bonchev–Trinajstić information content (AvgIpc) is 2.70. The van der Waals surface area contributed by atoms with Crippen LogP contribution in [0.25, 0.3) is 0 Å². The number of hydrogen-bond acceptors (Lipinski definition) is 2. The zero-order chi connectivity index (χ0) is 7.73. The first-order chi connectivity index (χ1) is 5.29. The third kappa shape index (κ3) is 1.70. The molecule has 0 aromatic heterocycles. The van der Waals surface area contributed by atoms with E-state index in [1.165, 1.54) is 0 Å². The SMILES string of the molecule is NC1(CC2C=CC=CC2)CO1. The molecule has 2 unspecified atom stereocenters. The Morgan fingerprint density at radius 2 is 2.36 bits per heavy atom. The van der Waals surface area contributed by atoms with Crippen LogP contribution in [0.5, 0.6) is 0 Å². The average molecular weight is 151 g/mol. The van der Waals surface area contributed by atoms with Crippen molar-refractivity contribution < 1.29 is 4.74 Å². The van der Waals surface area contributed by atoms with Crippen molar-refractivity contribution in [1.82, 2.24) is 0 Å². The van der Waals surface area contributed by atoms with Gasteiger partial charge in [0.15, 0.2) is 0 Å². The molecule has 1 saturated heterocycles. The lowest BCUT2D eigenvalue weighted by Crippen LogP contribution is -2.26. The van der Waals surface area contributed by atoms with Gasteiger partial charge in [-0.05, 0) is 18.8 Å². The summed E-state index contributed by atoms with van der Waals surface area (Å²) in [7, 11) is 0. The van der Waals surface area contributed by atoms with Gasteiger partial charge in [0.2, 0.25) is 0 Å². The predicted molar refractivity (Wildman–Crippen MR) is 43.9 cm³/mol. The van der Waals surface area contributed by atoms with Gasteiger partial charge in [0.25, 0.3) is 0 Å². The fourth-order valence-corrected chi connectivity index (χ4v) is 1.44. The summed E-state index contributed by atoms with van der Waals surface area (Å²) < 4.78 is 5.12. The highest BCUT2D eigenvalue weighted by molar-refractivity contribution is 5.12. The lowest BCUT2D eigenvalue weighted by Gasteiger charge is -2.14. The molecule has 0 radical (unpaired) electrons. The molecular weight excluding hydrogens is 138 g/mol. The fourth-order valence-electron chi connectivity index (χ4n) is 1.44. The molecule has 0 bridgehead atoms. The highest BCUT2D eigenvalue weighted by Gasteiger charge is 2.41. The van der Waals surface area contributed by atoms with Crippen LogP contribution in [0.1, 0.15) is 12.8 Å². The molecule has 0 aromatic carbocycles. The first-order valence-electron chi connectivity index (χ1n) is 4.05. The predicted octanol–water partition coefficient (Wildman–Crippen LogP) is 1.19. The van der Waals surface area contributed by atoms with E-state index in [-0.39, 0.29) is 5.72 Å². The molecule has 2 nitrogen and oxygen atoms in total. The number of rotatable bonds is 2. The van der Waals surface area contributed by atoms with Crippen molar-refractivity contribution in [3.05, 3.63) is 24.3 Å². The molecule has 2 atom stereocenters. The van der Waals surface area contributed by atoms with E-state index in [0.717, 1.165) is 19.4 Å². The molecule has 2 N–H and O–H groups in total. The molecule has 0 amide bonds. The summed E-state index contributed by atoms with van der Waals surface area (Å²) in [6, 6.07) is 0. The van der Waals surface area contributed by atoms with E-state index >= 15 is 0 Å². The van der Waals surface area contributed by atoms with E-state index in [9.17, 15) is 0 Å². The molecule has 1 heterocycles. The quantitative estimate of drug-likeness (QED) is 0.602. The molecule has 0 spiro atoms. The summed E-state index contributed by atoms with van der Waals surface area (Å²) in [5.74, 6) is 0.590. The zero-order valence-electron chi connectivity index (χ0n) is 6.49. The molecular formula is C9H13NO. The number of hydrogen-bond donors (Lipinski definition) is 1. The normalized spacial score (nSPS) is 41.0. The van der Waals surface area contributed by atoms with E-state index in [4.69, 9.17) is 10.5 Å². The van der Waals surface area contributed by atoms with Crippen molar-refractivity contribution in [2.75, 3.05) is 6.61 Å². The zero-order valence-corrected chi connectivity index (χ0v) is 6.49. The fraction of sp³-hybridized carbons (Fsp3) is 0.556. The minimum Gasteiger partial charge on any atom is -0.354 e. The maximum absolute atomic E-state index is 5.80. The van der Waals surface area contributed by atoms with Gasteiger partial charge in [-0.3, -0.25) is 0 Å². The molecule has 60 valence electrons. The Bertz CT molecular complexity index is 204. The van der Waals surface area contributed by atoms with Gasteiger partial charge in [-0.15, -0.1) is 0 Å². The number of ether oxygens (including phenoxy) is 1. The van der Waals surface area contributed by atoms with Crippen LogP contribution in [0.4, 0.5) is 0 Å². The third-order valence-electron chi connectivity index (χ3n) is 2.19. The maximum atomic E-state index is 5.80. The molecule has 1 aliphatic heterocycles. The van der Waals surface area contributed by atoms with Crippen LogP contribution in [-0.4, -0.2) is 12.3 Å². The summed E-state index contributed by atoms with van der Waals surface area (Å²) >= 11 is 0. The van der Waals surface area contributed by atoms with E-state index in [0.29, 0.717) is 5.92 Å². The minimum absolute atomic E-state index is 0.278. The van der Waals surface area contributed by atoms with Crippen LogP contribution in [0, 0.1) is 5.92 Å². The highest BCUT2D eigenvalue weighted by Crippen LogP contribution is 2.31. The van der Waals surface area contributed by atoms with Crippen molar-refractivity contribution in [3.63, 3.8) is 0 Å². The van der Waals surface area contributed by atoms with Crippen LogP contribution < -0.4 is 5.73 Å². The Morgan fingerprint density at radius 3 is 2.91 bits per heavy atom. The van der Waals surface area contributed by atoms with Crippen molar-refractivity contribution in [1.29, 1.82) is 0 Å². The minimum atomic E-state index is -0.278. The molecule has 1 fully saturated rings. The van der Waals surface area contributed by atoms with Gasteiger partial charge in [-0.1, -0.05) is 24.3 Å². The first kappa shape index (κ1) is 7.07. The van der Waals surface area contributed by atoms with E-state index in [1.807, 2.05) is 0 Å². The second-order valence-electron chi connectivity index (χ2n) is 3.37. The topological polar surface area (TPSA) is 38.5 Å². The smallest absolute Gasteiger partial charge is 0.141 e. The number of epoxide rings is 1. The highest BCUT2D eigenvalue weighted by atomic mass is 16.6. The van der Waals surface area contributed by atoms with Crippen LogP contribution in [0.15, 0.2) is 24.3 Å². The molecule has 1 aliphatic carbocycles. The van der Waals surface area contributed by atoms with Crippen molar-refractivity contribution >= 4 is 0 Å². The van der Waals surface area contributed by atoms with Gasteiger partial charge in [0.1, 0.15) is 5.72 Å². The van der Waals surface area contributed by atoms with Crippen molar-refractivity contribution in [3.8, 4) is 0 Å².